The Morgan fingerprint density at radius 1 is 1.27 bits per heavy atom. The second-order valence-electron chi connectivity index (χ2n) is 7.50. The van der Waals surface area contributed by atoms with Crippen LogP contribution in [0.4, 0.5) is 5.13 Å². The van der Waals surface area contributed by atoms with Crippen molar-refractivity contribution in [3.63, 3.8) is 0 Å². The van der Waals surface area contributed by atoms with Gasteiger partial charge in [0.1, 0.15) is 0 Å². The number of aromatic amines is 1. The summed E-state index contributed by atoms with van der Waals surface area (Å²) < 4.78 is 1.89. The van der Waals surface area contributed by atoms with Crippen LogP contribution >= 0.6 is 11.3 Å². The summed E-state index contributed by atoms with van der Waals surface area (Å²) in [4.78, 5) is 32.9. The van der Waals surface area contributed by atoms with E-state index in [9.17, 15) is 9.59 Å². The molecule has 0 bridgehead atoms. The van der Waals surface area contributed by atoms with E-state index < -0.39 is 5.92 Å². The van der Waals surface area contributed by atoms with E-state index in [0.717, 1.165) is 24.1 Å². The summed E-state index contributed by atoms with van der Waals surface area (Å²) in [6, 6.07) is 7.20. The molecule has 1 N–H and O–H groups in total. The summed E-state index contributed by atoms with van der Waals surface area (Å²) in [6.07, 6.45) is 3.66. The number of anilines is 1. The molecule has 1 aromatic carbocycles. The number of rotatable bonds is 3. The molecule has 0 saturated heterocycles. The van der Waals surface area contributed by atoms with Gasteiger partial charge in [0.2, 0.25) is 5.91 Å². The van der Waals surface area contributed by atoms with Crippen molar-refractivity contribution >= 4 is 33.1 Å². The topological polar surface area (TPSA) is 96.8 Å². The zero-order valence-corrected chi connectivity index (χ0v) is 17.7. The number of aryl methyl sites for hydroxylation is 2. The molecule has 1 aliphatic rings. The molecule has 3 aromatic heterocycles. The molecule has 9 heteroatoms. The van der Waals surface area contributed by atoms with Gasteiger partial charge in [0.25, 0.3) is 5.56 Å². The van der Waals surface area contributed by atoms with E-state index in [2.05, 4.69) is 15.3 Å². The minimum atomic E-state index is -0.536. The molecule has 5 rings (SSSR count). The van der Waals surface area contributed by atoms with Crippen LogP contribution in [0.5, 0.6) is 0 Å². The smallest absolute Gasteiger partial charge is 0.272 e. The minimum Gasteiger partial charge on any atom is -0.291 e. The Morgan fingerprint density at radius 2 is 2.03 bits per heavy atom. The number of hydrogen-bond acceptors (Lipinski definition) is 6. The van der Waals surface area contributed by atoms with Gasteiger partial charge >= 0.3 is 0 Å². The van der Waals surface area contributed by atoms with Crippen LogP contribution in [0.15, 0.2) is 35.3 Å². The lowest BCUT2D eigenvalue weighted by Crippen LogP contribution is -2.31. The van der Waals surface area contributed by atoms with Crippen molar-refractivity contribution in [2.24, 2.45) is 7.05 Å². The normalized spacial score (nSPS) is 13.7. The van der Waals surface area contributed by atoms with Crippen molar-refractivity contribution in [1.82, 2.24) is 25.0 Å². The average molecular weight is 420 g/mol. The predicted octanol–water partition coefficient (Wildman–Crippen LogP) is 2.65. The molecular formula is C21H20N6O2S. The molecule has 1 unspecified atom stereocenters. The number of carbonyl (C=O) groups is 1. The zero-order valence-electron chi connectivity index (χ0n) is 16.8. The van der Waals surface area contributed by atoms with E-state index in [1.807, 2.05) is 30.1 Å². The molecule has 30 heavy (non-hydrogen) atoms. The molecule has 1 atom stereocenters. The van der Waals surface area contributed by atoms with Gasteiger partial charge < -0.3 is 0 Å². The second kappa shape index (κ2) is 6.88. The molecule has 0 saturated carbocycles. The molecule has 0 aliphatic heterocycles. The Labute approximate surface area is 176 Å². The van der Waals surface area contributed by atoms with Crippen LogP contribution in [0, 0.1) is 0 Å². The van der Waals surface area contributed by atoms with E-state index in [0.29, 0.717) is 21.6 Å². The standard InChI is InChI=1S/C21H20N6O2S/c1-11(17-12-6-4-5-7-13(12)19(28)25-24-17)20(29)26(2)21-23-18-14-10-22-27(3)15(14)8-9-16(18)30-21/h4-7,10-11H,8-9H2,1-3H3,(H,25,28). The first-order chi connectivity index (χ1) is 14.5. The van der Waals surface area contributed by atoms with E-state index >= 15 is 0 Å². The van der Waals surface area contributed by atoms with Crippen LogP contribution in [0.1, 0.15) is 29.1 Å². The molecule has 3 heterocycles. The Hall–Kier alpha value is -3.33. The van der Waals surface area contributed by atoms with Crippen molar-refractivity contribution in [3.05, 3.63) is 57.1 Å². The molecule has 1 amide bonds. The van der Waals surface area contributed by atoms with Gasteiger partial charge in [0.05, 0.1) is 28.9 Å². The van der Waals surface area contributed by atoms with Crippen molar-refractivity contribution in [2.75, 3.05) is 11.9 Å². The predicted molar refractivity (Wildman–Crippen MR) is 116 cm³/mol. The monoisotopic (exact) mass is 420 g/mol. The molecule has 0 fully saturated rings. The van der Waals surface area contributed by atoms with Gasteiger partial charge in [-0.15, -0.1) is 11.3 Å². The second-order valence-corrected chi connectivity index (χ2v) is 8.56. The highest BCUT2D eigenvalue weighted by Crippen LogP contribution is 2.39. The van der Waals surface area contributed by atoms with Gasteiger partial charge in [-0.2, -0.15) is 10.2 Å². The van der Waals surface area contributed by atoms with Crippen LogP contribution in [0.3, 0.4) is 0 Å². The van der Waals surface area contributed by atoms with Crippen LogP contribution in [-0.2, 0) is 24.7 Å². The molecule has 152 valence electrons. The largest absolute Gasteiger partial charge is 0.291 e. The number of likely N-dealkylation sites (N-methyl/N-ethyl adjacent to an activating group) is 1. The Balaban J connectivity index is 1.49. The number of nitrogens with zero attached hydrogens (tertiary/aromatic N) is 5. The highest BCUT2D eigenvalue weighted by molar-refractivity contribution is 7.16. The third kappa shape index (κ3) is 2.77. The van der Waals surface area contributed by atoms with Gasteiger partial charge in [-0.3, -0.25) is 19.2 Å². The fraction of sp³-hybridized carbons (Fsp3) is 0.286. The van der Waals surface area contributed by atoms with Crippen molar-refractivity contribution in [1.29, 1.82) is 0 Å². The zero-order chi connectivity index (χ0) is 21.0. The Morgan fingerprint density at radius 3 is 2.83 bits per heavy atom. The Kier molecular flexibility index (Phi) is 4.28. The van der Waals surface area contributed by atoms with E-state index in [1.54, 1.807) is 42.3 Å². The van der Waals surface area contributed by atoms with Crippen LogP contribution in [-0.4, -0.2) is 37.9 Å². The van der Waals surface area contributed by atoms with Gasteiger partial charge in [0, 0.05) is 35.6 Å². The summed E-state index contributed by atoms with van der Waals surface area (Å²) >= 11 is 1.54. The maximum Gasteiger partial charge on any atom is 0.272 e. The summed E-state index contributed by atoms with van der Waals surface area (Å²) in [5.41, 5.74) is 3.43. The van der Waals surface area contributed by atoms with Crippen molar-refractivity contribution < 1.29 is 4.79 Å². The van der Waals surface area contributed by atoms with E-state index in [1.165, 1.54) is 10.6 Å². The highest BCUT2D eigenvalue weighted by Gasteiger charge is 2.29. The number of H-pyrrole nitrogens is 1. The summed E-state index contributed by atoms with van der Waals surface area (Å²) in [6.45, 7) is 1.80. The highest BCUT2D eigenvalue weighted by atomic mass is 32.1. The summed E-state index contributed by atoms with van der Waals surface area (Å²) in [5.74, 6) is -0.663. The number of benzene rings is 1. The van der Waals surface area contributed by atoms with Gasteiger partial charge in [0.15, 0.2) is 5.13 Å². The third-order valence-electron chi connectivity index (χ3n) is 5.72. The van der Waals surface area contributed by atoms with Gasteiger partial charge in [-0.05, 0) is 25.8 Å². The summed E-state index contributed by atoms with van der Waals surface area (Å²) in [7, 11) is 3.68. The lowest BCUT2D eigenvalue weighted by molar-refractivity contribution is -0.119. The first-order valence-corrected chi connectivity index (χ1v) is 10.5. The Bertz CT molecular complexity index is 1350. The molecule has 0 radical (unpaired) electrons. The molecule has 0 spiro atoms. The van der Waals surface area contributed by atoms with Gasteiger partial charge in [-0.1, -0.05) is 18.2 Å². The maximum atomic E-state index is 13.3. The molecule has 4 aromatic rings. The number of fused-ring (bicyclic) bond motifs is 4. The van der Waals surface area contributed by atoms with Crippen LogP contribution in [0.2, 0.25) is 0 Å². The van der Waals surface area contributed by atoms with Crippen LogP contribution < -0.4 is 10.5 Å². The first kappa shape index (κ1) is 18.7. The first-order valence-electron chi connectivity index (χ1n) is 9.71. The van der Waals surface area contributed by atoms with Crippen molar-refractivity contribution in [2.45, 2.75) is 25.7 Å². The molecule has 8 nitrogen and oxygen atoms in total. The number of nitrogens with one attached hydrogen (secondary N) is 1. The number of thiazole rings is 1. The lowest BCUT2D eigenvalue weighted by atomic mass is 10.0. The number of amides is 1. The molecular weight excluding hydrogens is 400 g/mol. The maximum absolute atomic E-state index is 13.3. The van der Waals surface area contributed by atoms with Crippen LogP contribution in [0.25, 0.3) is 22.0 Å². The average Bonchev–Trinajstić information content (AvgIpc) is 3.36. The van der Waals surface area contributed by atoms with Gasteiger partial charge in [-0.25, -0.2) is 10.1 Å². The lowest BCUT2D eigenvalue weighted by Gasteiger charge is -2.19. The fourth-order valence-electron chi connectivity index (χ4n) is 4.02. The quantitative estimate of drug-likeness (QED) is 0.550. The number of hydrogen-bond donors (Lipinski definition) is 1. The number of aromatic nitrogens is 5. The minimum absolute atomic E-state index is 0.128. The molecule has 1 aliphatic carbocycles. The van der Waals surface area contributed by atoms with E-state index in [-0.39, 0.29) is 11.5 Å². The summed E-state index contributed by atoms with van der Waals surface area (Å²) in [5, 5.41) is 12.9. The fourth-order valence-corrected chi connectivity index (χ4v) is 5.06. The van der Waals surface area contributed by atoms with Crippen molar-refractivity contribution in [3.8, 4) is 11.3 Å². The number of carbonyl (C=O) groups excluding carboxylic acids is 1. The third-order valence-corrected chi connectivity index (χ3v) is 6.91. The van der Waals surface area contributed by atoms with E-state index in [4.69, 9.17) is 4.98 Å². The SMILES string of the molecule is CC(C(=O)N(C)c1nc2c(s1)CCc1c-2cnn1C)c1n[nH]c(=O)c2ccccc12.